The van der Waals surface area contributed by atoms with Crippen LogP contribution in [-0.4, -0.2) is 43.2 Å². The first-order valence-electron chi connectivity index (χ1n) is 6.31. The molecule has 1 atom stereocenters. The predicted molar refractivity (Wildman–Crippen MR) is 67.0 cm³/mol. The summed E-state index contributed by atoms with van der Waals surface area (Å²) in [4.78, 5) is 14.0. The Morgan fingerprint density at radius 3 is 3.16 bits per heavy atom. The molecule has 1 aromatic rings. The second-order valence-corrected chi connectivity index (χ2v) is 4.31. The Kier molecular flexibility index (Phi) is 4.95. The van der Waals surface area contributed by atoms with Crippen molar-refractivity contribution in [2.75, 3.05) is 26.2 Å². The van der Waals surface area contributed by atoms with Crippen LogP contribution in [0.2, 0.25) is 0 Å². The Balaban J connectivity index is 1.99. The van der Waals surface area contributed by atoms with E-state index in [1.807, 2.05) is 6.07 Å². The zero-order valence-corrected chi connectivity index (χ0v) is 10.7. The quantitative estimate of drug-likeness (QED) is 0.837. The molecule has 2 rings (SSSR count). The molecule has 1 aliphatic heterocycles. The standard InChI is InChI=1S/C13H17N3O3/c14-4-2-6-16(10-11-3-1-7-18-11)13(17)12-9-15-5-8-19-12/h1,3,7,12,15H,2,5-6,8-10H2. The van der Waals surface area contributed by atoms with E-state index < -0.39 is 6.10 Å². The second-order valence-electron chi connectivity index (χ2n) is 4.31. The lowest BCUT2D eigenvalue weighted by Crippen LogP contribution is -2.49. The minimum atomic E-state index is -0.470. The van der Waals surface area contributed by atoms with Gasteiger partial charge in [0.25, 0.3) is 5.91 Å². The van der Waals surface area contributed by atoms with Gasteiger partial charge in [0.2, 0.25) is 0 Å². The molecular formula is C13H17N3O3. The van der Waals surface area contributed by atoms with E-state index >= 15 is 0 Å². The lowest BCUT2D eigenvalue weighted by atomic mass is 10.2. The SMILES string of the molecule is N#CCCN(Cc1ccco1)C(=O)C1CNCCO1. The van der Waals surface area contributed by atoms with Crippen LogP contribution in [0.4, 0.5) is 0 Å². The van der Waals surface area contributed by atoms with Crippen LogP contribution < -0.4 is 5.32 Å². The van der Waals surface area contributed by atoms with Crippen molar-refractivity contribution in [1.29, 1.82) is 5.26 Å². The summed E-state index contributed by atoms with van der Waals surface area (Å²) >= 11 is 0. The molecule has 0 radical (unpaired) electrons. The van der Waals surface area contributed by atoms with Gasteiger partial charge in [0, 0.05) is 19.6 Å². The lowest BCUT2D eigenvalue weighted by Gasteiger charge is -2.28. The lowest BCUT2D eigenvalue weighted by molar-refractivity contribution is -0.146. The van der Waals surface area contributed by atoms with Crippen molar-refractivity contribution in [1.82, 2.24) is 10.2 Å². The van der Waals surface area contributed by atoms with Gasteiger partial charge < -0.3 is 19.4 Å². The number of nitriles is 1. The summed E-state index contributed by atoms with van der Waals surface area (Å²) in [7, 11) is 0. The highest BCUT2D eigenvalue weighted by molar-refractivity contribution is 5.81. The summed E-state index contributed by atoms with van der Waals surface area (Å²) in [5.74, 6) is 0.605. The number of hydrogen-bond donors (Lipinski definition) is 1. The fraction of sp³-hybridized carbons (Fsp3) is 0.538. The summed E-state index contributed by atoms with van der Waals surface area (Å²) in [6, 6.07) is 5.65. The van der Waals surface area contributed by atoms with Crippen molar-refractivity contribution in [2.24, 2.45) is 0 Å². The summed E-state index contributed by atoms with van der Waals surface area (Å²) < 4.78 is 10.7. The van der Waals surface area contributed by atoms with Crippen LogP contribution >= 0.6 is 0 Å². The Bertz CT molecular complexity index is 432. The van der Waals surface area contributed by atoms with Gasteiger partial charge in [-0.1, -0.05) is 0 Å². The molecule has 0 saturated carbocycles. The van der Waals surface area contributed by atoms with Gasteiger partial charge in [-0.15, -0.1) is 0 Å². The van der Waals surface area contributed by atoms with E-state index in [1.54, 1.807) is 17.2 Å². The Morgan fingerprint density at radius 2 is 2.53 bits per heavy atom. The van der Waals surface area contributed by atoms with Crippen LogP contribution in [0.1, 0.15) is 12.2 Å². The van der Waals surface area contributed by atoms with E-state index in [9.17, 15) is 4.79 Å². The van der Waals surface area contributed by atoms with E-state index in [-0.39, 0.29) is 5.91 Å². The highest BCUT2D eigenvalue weighted by Crippen LogP contribution is 2.10. The minimum absolute atomic E-state index is 0.0983. The van der Waals surface area contributed by atoms with Crippen molar-refractivity contribution >= 4 is 5.91 Å². The van der Waals surface area contributed by atoms with E-state index in [4.69, 9.17) is 14.4 Å². The monoisotopic (exact) mass is 263 g/mol. The summed E-state index contributed by atoms with van der Waals surface area (Å²) in [5, 5.41) is 11.8. The third-order valence-electron chi connectivity index (χ3n) is 2.94. The van der Waals surface area contributed by atoms with Gasteiger partial charge in [-0.05, 0) is 12.1 Å². The number of rotatable bonds is 5. The number of amides is 1. The minimum Gasteiger partial charge on any atom is -0.467 e. The summed E-state index contributed by atoms with van der Waals surface area (Å²) in [6.45, 7) is 2.56. The van der Waals surface area contributed by atoms with Gasteiger partial charge in [-0.25, -0.2) is 0 Å². The van der Waals surface area contributed by atoms with Crippen molar-refractivity contribution in [3.63, 3.8) is 0 Å². The molecule has 6 heteroatoms. The normalized spacial score (nSPS) is 18.8. The maximum Gasteiger partial charge on any atom is 0.253 e. The van der Waals surface area contributed by atoms with Crippen molar-refractivity contribution in [3.05, 3.63) is 24.2 Å². The number of hydrogen-bond acceptors (Lipinski definition) is 5. The molecule has 2 heterocycles. The van der Waals surface area contributed by atoms with E-state index in [2.05, 4.69) is 11.4 Å². The maximum atomic E-state index is 12.3. The van der Waals surface area contributed by atoms with Crippen LogP contribution in [0.15, 0.2) is 22.8 Å². The van der Waals surface area contributed by atoms with Crippen LogP contribution in [0.25, 0.3) is 0 Å². The molecule has 0 aliphatic carbocycles. The smallest absolute Gasteiger partial charge is 0.253 e. The first-order chi connectivity index (χ1) is 9.31. The van der Waals surface area contributed by atoms with Crippen molar-refractivity contribution < 1.29 is 13.9 Å². The Hall–Kier alpha value is -1.84. The van der Waals surface area contributed by atoms with E-state index in [0.717, 1.165) is 6.54 Å². The topological polar surface area (TPSA) is 78.5 Å². The van der Waals surface area contributed by atoms with Crippen molar-refractivity contribution in [3.8, 4) is 6.07 Å². The van der Waals surface area contributed by atoms with Crippen LogP contribution in [0, 0.1) is 11.3 Å². The number of carbonyl (C=O) groups excluding carboxylic acids is 1. The highest BCUT2D eigenvalue weighted by Gasteiger charge is 2.27. The molecule has 1 unspecified atom stereocenters. The zero-order chi connectivity index (χ0) is 13.5. The molecule has 0 bridgehead atoms. The number of nitrogens with zero attached hydrogens (tertiary/aromatic N) is 2. The van der Waals surface area contributed by atoms with Crippen LogP contribution in [0.3, 0.4) is 0 Å². The average molecular weight is 263 g/mol. The molecule has 1 N–H and O–H groups in total. The van der Waals surface area contributed by atoms with Gasteiger partial charge in [-0.3, -0.25) is 4.79 Å². The van der Waals surface area contributed by atoms with Gasteiger partial charge in [0.05, 0.1) is 31.9 Å². The van der Waals surface area contributed by atoms with Gasteiger partial charge >= 0.3 is 0 Å². The van der Waals surface area contributed by atoms with Gasteiger partial charge in [0.1, 0.15) is 11.9 Å². The maximum absolute atomic E-state index is 12.3. The van der Waals surface area contributed by atoms with Crippen LogP contribution in [0.5, 0.6) is 0 Å². The molecule has 102 valence electrons. The third-order valence-corrected chi connectivity index (χ3v) is 2.94. The second kappa shape index (κ2) is 6.92. The highest BCUT2D eigenvalue weighted by atomic mass is 16.5. The molecule has 19 heavy (non-hydrogen) atoms. The Morgan fingerprint density at radius 1 is 1.63 bits per heavy atom. The molecule has 1 aliphatic rings. The van der Waals surface area contributed by atoms with Crippen LogP contribution in [-0.2, 0) is 16.1 Å². The largest absolute Gasteiger partial charge is 0.467 e. The molecule has 1 amide bonds. The molecule has 0 spiro atoms. The van der Waals surface area contributed by atoms with Crippen molar-refractivity contribution in [2.45, 2.75) is 19.1 Å². The molecule has 1 saturated heterocycles. The van der Waals surface area contributed by atoms with Gasteiger partial charge in [-0.2, -0.15) is 5.26 Å². The summed E-state index contributed by atoms with van der Waals surface area (Å²) in [6.07, 6.45) is 1.40. The fourth-order valence-corrected chi connectivity index (χ4v) is 1.97. The number of nitrogens with one attached hydrogen (secondary N) is 1. The molecular weight excluding hydrogens is 246 g/mol. The molecule has 6 nitrogen and oxygen atoms in total. The first kappa shape index (κ1) is 13.6. The van der Waals surface area contributed by atoms with Gasteiger partial charge in [0.15, 0.2) is 0 Å². The molecule has 1 aromatic heterocycles. The van der Waals surface area contributed by atoms with E-state index in [0.29, 0.717) is 38.4 Å². The first-order valence-corrected chi connectivity index (χ1v) is 6.31. The predicted octanol–water partition coefficient (Wildman–Crippen LogP) is 0.510. The van der Waals surface area contributed by atoms with E-state index in [1.165, 1.54) is 0 Å². The fourth-order valence-electron chi connectivity index (χ4n) is 1.97. The zero-order valence-electron chi connectivity index (χ0n) is 10.7. The molecule has 1 fully saturated rings. The number of furan rings is 1. The molecule has 0 aromatic carbocycles. The summed E-state index contributed by atoms with van der Waals surface area (Å²) in [5.41, 5.74) is 0. The number of ether oxygens (including phenoxy) is 1. The number of morpholine rings is 1. The average Bonchev–Trinajstić information content (AvgIpc) is 2.96. The Labute approximate surface area is 111 Å². The number of carbonyl (C=O) groups is 1. The third kappa shape index (κ3) is 3.81.